The SMILES string of the molecule is CC(C)CN(Cc1cc(F)cc(F)c1)C1CCNCC1.O=C(O)/C=C/C(=O)O. The summed E-state index contributed by atoms with van der Waals surface area (Å²) in [5.74, 6) is -2.95. The van der Waals surface area contributed by atoms with Crippen molar-refractivity contribution >= 4 is 11.9 Å². The quantitative estimate of drug-likeness (QED) is 0.612. The third kappa shape index (κ3) is 10.1. The smallest absolute Gasteiger partial charge is 0.328 e. The van der Waals surface area contributed by atoms with Gasteiger partial charge in [-0.2, -0.15) is 0 Å². The Labute approximate surface area is 163 Å². The lowest BCUT2D eigenvalue weighted by Gasteiger charge is -2.35. The molecule has 2 rings (SSSR count). The highest BCUT2D eigenvalue weighted by Crippen LogP contribution is 2.18. The zero-order chi connectivity index (χ0) is 21.1. The number of benzene rings is 1. The van der Waals surface area contributed by atoms with Crippen molar-refractivity contribution in [2.75, 3.05) is 19.6 Å². The fourth-order valence-corrected chi connectivity index (χ4v) is 3.06. The van der Waals surface area contributed by atoms with Crippen molar-refractivity contribution in [3.05, 3.63) is 47.5 Å². The fourth-order valence-electron chi connectivity index (χ4n) is 3.06. The molecule has 156 valence electrons. The predicted molar refractivity (Wildman–Crippen MR) is 102 cm³/mol. The Balaban J connectivity index is 0.000000416. The zero-order valence-corrected chi connectivity index (χ0v) is 16.2. The third-order valence-electron chi connectivity index (χ3n) is 4.10. The van der Waals surface area contributed by atoms with Gasteiger partial charge >= 0.3 is 11.9 Å². The summed E-state index contributed by atoms with van der Waals surface area (Å²) in [6.45, 7) is 7.99. The van der Waals surface area contributed by atoms with Gasteiger partial charge in [-0.25, -0.2) is 18.4 Å². The maximum absolute atomic E-state index is 13.3. The third-order valence-corrected chi connectivity index (χ3v) is 4.10. The second-order valence-electron chi connectivity index (χ2n) is 7.09. The van der Waals surface area contributed by atoms with Crippen LogP contribution in [-0.2, 0) is 16.1 Å². The standard InChI is InChI=1S/C16H24F2N2.C4H4O4/c1-12(2)10-20(16-3-5-19-6-4-16)11-13-7-14(17)9-15(18)8-13;5-3(6)1-2-4(7)8/h7-9,12,16,19H,3-6,10-11H2,1-2H3;1-2H,(H,5,6)(H,7,8)/b;2-1+. The van der Waals surface area contributed by atoms with Crippen LogP contribution in [-0.4, -0.2) is 52.7 Å². The number of hydrogen-bond acceptors (Lipinski definition) is 4. The molecule has 0 amide bonds. The molecule has 1 aromatic carbocycles. The topological polar surface area (TPSA) is 89.9 Å². The largest absolute Gasteiger partial charge is 0.478 e. The summed E-state index contributed by atoms with van der Waals surface area (Å²) in [6.07, 6.45) is 3.32. The zero-order valence-electron chi connectivity index (χ0n) is 16.2. The van der Waals surface area contributed by atoms with E-state index in [0.29, 0.717) is 30.7 Å². The minimum Gasteiger partial charge on any atom is -0.478 e. The Morgan fingerprint density at radius 3 is 2.04 bits per heavy atom. The average molecular weight is 398 g/mol. The van der Waals surface area contributed by atoms with Crippen LogP contribution in [0.15, 0.2) is 30.4 Å². The summed E-state index contributed by atoms with van der Waals surface area (Å²) in [5, 5.41) is 19.0. The molecule has 0 saturated carbocycles. The summed E-state index contributed by atoms with van der Waals surface area (Å²) in [5.41, 5.74) is 0.724. The van der Waals surface area contributed by atoms with Crippen molar-refractivity contribution in [1.29, 1.82) is 0 Å². The number of nitrogens with zero attached hydrogens (tertiary/aromatic N) is 1. The minimum absolute atomic E-state index is 0.491. The second kappa shape index (κ2) is 12.2. The Hall–Kier alpha value is -2.32. The molecule has 1 aliphatic rings. The van der Waals surface area contributed by atoms with E-state index in [4.69, 9.17) is 10.2 Å². The van der Waals surface area contributed by atoms with Gasteiger partial charge in [0, 0.05) is 37.3 Å². The Kier molecular flexibility index (Phi) is 10.3. The van der Waals surface area contributed by atoms with Crippen molar-refractivity contribution in [2.24, 2.45) is 5.92 Å². The van der Waals surface area contributed by atoms with Crippen LogP contribution in [0.2, 0.25) is 0 Å². The summed E-state index contributed by atoms with van der Waals surface area (Å²) in [7, 11) is 0. The van der Waals surface area contributed by atoms with E-state index in [0.717, 1.165) is 44.1 Å². The van der Waals surface area contributed by atoms with Gasteiger partial charge in [0.15, 0.2) is 0 Å². The highest BCUT2D eigenvalue weighted by molar-refractivity contribution is 5.89. The number of carboxylic acid groups (broad SMARTS) is 2. The van der Waals surface area contributed by atoms with Crippen molar-refractivity contribution < 1.29 is 28.6 Å². The number of carbonyl (C=O) groups is 2. The maximum Gasteiger partial charge on any atom is 0.328 e. The van der Waals surface area contributed by atoms with Gasteiger partial charge in [-0.15, -0.1) is 0 Å². The van der Waals surface area contributed by atoms with E-state index in [-0.39, 0.29) is 0 Å². The van der Waals surface area contributed by atoms with Crippen molar-refractivity contribution in [3.8, 4) is 0 Å². The first-order valence-electron chi connectivity index (χ1n) is 9.21. The summed E-state index contributed by atoms with van der Waals surface area (Å²) in [6, 6.07) is 4.32. The van der Waals surface area contributed by atoms with E-state index >= 15 is 0 Å². The molecule has 1 aromatic rings. The molecule has 6 nitrogen and oxygen atoms in total. The van der Waals surface area contributed by atoms with E-state index in [1.807, 2.05) is 0 Å². The van der Waals surface area contributed by atoms with E-state index in [2.05, 4.69) is 24.1 Å². The fraction of sp³-hybridized carbons (Fsp3) is 0.500. The number of nitrogens with one attached hydrogen (secondary N) is 1. The van der Waals surface area contributed by atoms with Gasteiger partial charge in [0.1, 0.15) is 11.6 Å². The minimum atomic E-state index is -1.26. The van der Waals surface area contributed by atoms with Gasteiger partial charge in [0.2, 0.25) is 0 Å². The number of piperidine rings is 1. The lowest BCUT2D eigenvalue weighted by molar-refractivity contribution is -0.134. The van der Waals surface area contributed by atoms with Gasteiger partial charge in [0.05, 0.1) is 0 Å². The van der Waals surface area contributed by atoms with Crippen molar-refractivity contribution in [3.63, 3.8) is 0 Å². The summed E-state index contributed by atoms with van der Waals surface area (Å²) >= 11 is 0. The molecule has 0 unspecified atom stereocenters. The molecular formula is C20H28F2N2O4. The molecule has 8 heteroatoms. The molecule has 28 heavy (non-hydrogen) atoms. The van der Waals surface area contributed by atoms with E-state index in [9.17, 15) is 18.4 Å². The molecule has 3 N–H and O–H groups in total. The summed E-state index contributed by atoms with van der Waals surface area (Å²) in [4.78, 5) is 21.5. The van der Waals surface area contributed by atoms with Crippen molar-refractivity contribution in [1.82, 2.24) is 10.2 Å². The number of hydrogen-bond donors (Lipinski definition) is 3. The molecular weight excluding hydrogens is 370 g/mol. The van der Waals surface area contributed by atoms with Crippen LogP contribution in [0.5, 0.6) is 0 Å². The Morgan fingerprint density at radius 1 is 1.11 bits per heavy atom. The van der Waals surface area contributed by atoms with Gasteiger partial charge in [-0.1, -0.05) is 13.8 Å². The Morgan fingerprint density at radius 2 is 1.61 bits per heavy atom. The number of halogens is 2. The monoisotopic (exact) mass is 398 g/mol. The number of carboxylic acids is 2. The summed E-state index contributed by atoms with van der Waals surface area (Å²) < 4.78 is 26.6. The number of rotatable bonds is 7. The molecule has 0 bridgehead atoms. The predicted octanol–water partition coefficient (Wildman–Crippen LogP) is 2.89. The van der Waals surface area contributed by atoms with Crippen LogP contribution in [0.4, 0.5) is 8.78 Å². The lowest BCUT2D eigenvalue weighted by atomic mass is 10.0. The van der Waals surface area contributed by atoms with E-state index in [1.54, 1.807) is 0 Å². The van der Waals surface area contributed by atoms with Crippen LogP contribution in [0, 0.1) is 17.6 Å². The molecule has 0 atom stereocenters. The average Bonchev–Trinajstić information content (AvgIpc) is 2.59. The molecule has 0 radical (unpaired) electrons. The molecule has 1 aliphatic heterocycles. The van der Waals surface area contributed by atoms with Gasteiger partial charge in [0.25, 0.3) is 0 Å². The van der Waals surface area contributed by atoms with Crippen molar-refractivity contribution in [2.45, 2.75) is 39.3 Å². The van der Waals surface area contributed by atoms with Crippen LogP contribution in [0.25, 0.3) is 0 Å². The molecule has 0 spiro atoms. The Bertz CT molecular complexity index is 638. The highest BCUT2D eigenvalue weighted by Gasteiger charge is 2.22. The van der Waals surface area contributed by atoms with Gasteiger partial charge < -0.3 is 15.5 Å². The molecule has 1 saturated heterocycles. The normalized spacial score (nSPS) is 14.9. The van der Waals surface area contributed by atoms with Gasteiger partial charge in [-0.3, -0.25) is 4.90 Å². The lowest BCUT2D eigenvalue weighted by Crippen LogP contribution is -2.44. The van der Waals surface area contributed by atoms with E-state index in [1.165, 1.54) is 12.1 Å². The van der Waals surface area contributed by atoms with Crippen LogP contribution in [0.1, 0.15) is 32.3 Å². The molecule has 1 heterocycles. The second-order valence-corrected chi connectivity index (χ2v) is 7.09. The molecule has 0 aromatic heterocycles. The van der Waals surface area contributed by atoms with Crippen LogP contribution < -0.4 is 5.32 Å². The first kappa shape index (κ1) is 23.7. The number of aliphatic carboxylic acids is 2. The van der Waals surface area contributed by atoms with Gasteiger partial charge in [-0.05, 0) is 49.5 Å². The molecule has 0 aliphatic carbocycles. The maximum atomic E-state index is 13.3. The highest BCUT2D eigenvalue weighted by atomic mass is 19.1. The first-order chi connectivity index (χ1) is 13.2. The van der Waals surface area contributed by atoms with Crippen LogP contribution >= 0.6 is 0 Å². The molecule has 1 fully saturated rings. The first-order valence-corrected chi connectivity index (χ1v) is 9.21. The van der Waals surface area contributed by atoms with E-state index < -0.39 is 23.6 Å². The van der Waals surface area contributed by atoms with Crippen LogP contribution in [0.3, 0.4) is 0 Å².